The molecule has 2 heterocycles. The Labute approximate surface area is 162 Å². The number of aryl methyl sites for hydroxylation is 1. The van der Waals surface area contributed by atoms with Crippen molar-refractivity contribution < 1.29 is 9.18 Å². The molecule has 28 heavy (non-hydrogen) atoms. The van der Waals surface area contributed by atoms with Crippen LogP contribution in [0.5, 0.6) is 0 Å². The second kappa shape index (κ2) is 7.32. The van der Waals surface area contributed by atoms with E-state index in [4.69, 9.17) is 5.73 Å². The van der Waals surface area contributed by atoms with Crippen molar-refractivity contribution in [2.24, 2.45) is 10.7 Å². The van der Waals surface area contributed by atoms with E-state index in [1.165, 1.54) is 6.07 Å². The lowest BCUT2D eigenvalue weighted by molar-refractivity contribution is -0.119. The molecule has 1 aliphatic rings. The van der Waals surface area contributed by atoms with Crippen LogP contribution in [0.25, 0.3) is 0 Å². The zero-order chi connectivity index (χ0) is 19.7. The fraction of sp³-hybridized carbons (Fsp3) is 0.136. The van der Waals surface area contributed by atoms with Gasteiger partial charge in [0, 0.05) is 17.3 Å². The molecule has 0 radical (unpaired) electrons. The van der Waals surface area contributed by atoms with E-state index in [9.17, 15) is 9.18 Å². The van der Waals surface area contributed by atoms with E-state index in [0.717, 1.165) is 11.3 Å². The molecule has 1 atom stereocenters. The topological polar surface area (TPSA) is 71.6 Å². The third kappa shape index (κ3) is 3.18. The number of benzene rings is 2. The van der Waals surface area contributed by atoms with Gasteiger partial charge in [0.05, 0.1) is 23.6 Å². The van der Waals surface area contributed by atoms with Crippen LogP contribution >= 0.6 is 0 Å². The van der Waals surface area contributed by atoms with Crippen LogP contribution in [0.15, 0.2) is 71.9 Å². The maximum absolute atomic E-state index is 14.5. The molecule has 0 saturated carbocycles. The number of fused-ring (bicyclic) bond motifs is 1. The summed E-state index contributed by atoms with van der Waals surface area (Å²) in [5.74, 6) is -0.765. The molecule has 1 aliphatic heterocycles. The van der Waals surface area contributed by atoms with Gasteiger partial charge in [-0.25, -0.2) is 4.39 Å². The zero-order valence-corrected chi connectivity index (χ0v) is 15.3. The van der Waals surface area contributed by atoms with Crippen molar-refractivity contribution in [1.29, 1.82) is 0 Å². The molecular weight excluding hydrogens is 355 g/mol. The summed E-state index contributed by atoms with van der Waals surface area (Å²) in [7, 11) is 0. The summed E-state index contributed by atoms with van der Waals surface area (Å²) in [6.07, 6.45) is 0.544. The summed E-state index contributed by atoms with van der Waals surface area (Å²) in [5, 5.41) is 0. The number of hydrogen-bond acceptors (Lipinski definition) is 4. The number of carbonyl (C=O) groups excluding carboxylic acids is 1. The minimum atomic E-state index is -1.13. The normalized spacial score (nSPS) is 16.4. The quantitative estimate of drug-likeness (QED) is 0.765. The number of hydrogen-bond donors (Lipinski definition) is 1. The molecule has 1 aromatic heterocycles. The maximum Gasteiger partial charge on any atom is 0.266 e. The van der Waals surface area contributed by atoms with Crippen LogP contribution in [0, 0.1) is 12.7 Å². The van der Waals surface area contributed by atoms with E-state index in [2.05, 4.69) is 9.98 Å². The number of carbonyl (C=O) groups is 1. The van der Waals surface area contributed by atoms with Crippen molar-refractivity contribution in [3.8, 4) is 0 Å². The van der Waals surface area contributed by atoms with Crippen molar-refractivity contribution in [2.75, 3.05) is 4.90 Å². The van der Waals surface area contributed by atoms with E-state index >= 15 is 0 Å². The summed E-state index contributed by atoms with van der Waals surface area (Å²) in [5.41, 5.74) is 9.75. The van der Waals surface area contributed by atoms with Crippen LogP contribution < -0.4 is 10.6 Å². The highest BCUT2D eigenvalue weighted by atomic mass is 19.1. The molecule has 0 bridgehead atoms. The standard InChI is InChI=1S/C22H19FN4O/c1-14-7-6-10-17-19(16-9-2-3-11-18(16)23)26-21(24)22(28)27(20(14)17)13-15-8-4-5-12-25-15/h2-12,21H,13,24H2,1H3. The summed E-state index contributed by atoms with van der Waals surface area (Å²) < 4.78 is 14.5. The average Bonchev–Trinajstić information content (AvgIpc) is 2.80. The van der Waals surface area contributed by atoms with Crippen molar-refractivity contribution in [2.45, 2.75) is 19.6 Å². The maximum atomic E-state index is 14.5. The van der Waals surface area contributed by atoms with Crippen molar-refractivity contribution in [1.82, 2.24) is 4.98 Å². The second-order valence-corrected chi connectivity index (χ2v) is 6.62. The molecule has 1 amide bonds. The lowest BCUT2D eigenvalue weighted by atomic mass is 9.97. The number of para-hydroxylation sites is 1. The van der Waals surface area contributed by atoms with E-state index in [1.54, 1.807) is 29.3 Å². The Morgan fingerprint density at radius 3 is 2.54 bits per heavy atom. The lowest BCUT2D eigenvalue weighted by Crippen LogP contribution is -2.42. The van der Waals surface area contributed by atoms with Crippen LogP contribution in [-0.2, 0) is 11.3 Å². The van der Waals surface area contributed by atoms with Gasteiger partial charge in [0.2, 0.25) is 0 Å². The van der Waals surface area contributed by atoms with Gasteiger partial charge in [-0.15, -0.1) is 0 Å². The Morgan fingerprint density at radius 2 is 1.79 bits per heavy atom. The number of aliphatic imine (C=N–C) groups is 1. The summed E-state index contributed by atoms with van der Waals surface area (Å²) in [6, 6.07) is 17.5. The Hall–Kier alpha value is -3.38. The third-order valence-electron chi connectivity index (χ3n) is 4.73. The first-order chi connectivity index (χ1) is 13.6. The van der Waals surface area contributed by atoms with Crippen molar-refractivity contribution in [3.05, 3.63) is 95.1 Å². The Bertz CT molecular complexity index is 1070. The van der Waals surface area contributed by atoms with Gasteiger partial charge in [0.1, 0.15) is 5.82 Å². The third-order valence-corrected chi connectivity index (χ3v) is 4.73. The molecule has 5 nitrogen and oxygen atoms in total. The molecule has 3 aromatic rings. The van der Waals surface area contributed by atoms with Gasteiger partial charge < -0.3 is 10.6 Å². The van der Waals surface area contributed by atoms with Crippen LogP contribution in [0.2, 0.25) is 0 Å². The SMILES string of the molecule is Cc1cccc2c1N(Cc1ccccn1)C(=O)C(N)N=C2c1ccccc1F. The molecule has 2 N–H and O–H groups in total. The Morgan fingerprint density at radius 1 is 1.04 bits per heavy atom. The molecule has 0 fully saturated rings. The highest BCUT2D eigenvalue weighted by molar-refractivity contribution is 6.20. The van der Waals surface area contributed by atoms with E-state index < -0.39 is 12.0 Å². The van der Waals surface area contributed by atoms with E-state index in [-0.39, 0.29) is 12.5 Å². The Balaban J connectivity index is 1.91. The Kier molecular flexibility index (Phi) is 4.71. The van der Waals surface area contributed by atoms with Crippen LogP contribution in [0.3, 0.4) is 0 Å². The van der Waals surface area contributed by atoms with Gasteiger partial charge in [-0.05, 0) is 36.8 Å². The highest BCUT2D eigenvalue weighted by Gasteiger charge is 2.32. The van der Waals surface area contributed by atoms with E-state index in [0.29, 0.717) is 22.5 Å². The number of aromatic nitrogens is 1. The number of nitrogens with zero attached hydrogens (tertiary/aromatic N) is 3. The molecule has 2 aromatic carbocycles. The van der Waals surface area contributed by atoms with Crippen molar-refractivity contribution in [3.63, 3.8) is 0 Å². The van der Waals surface area contributed by atoms with Gasteiger partial charge in [0.15, 0.2) is 6.17 Å². The van der Waals surface area contributed by atoms with Gasteiger partial charge >= 0.3 is 0 Å². The van der Waals surface area contributed by atoms with Crippen LogP contribution in [-0.4, -0.2) is 22.8 Å². The molecule has 0 saturated heterocycles. The van der Waals surface area contributed by atoms with Gasteiger partial charge in [0.25, 0.3) is 5.91 Å². The average molecular weight is 374 g/mol. The molecule has 0 aliphatic carbocycles. The highest BCUT2D eigenvalue weighted by Crippen LogP contribution is 2.32. The number of anilines is 1. The van der Waals surface area contributed by atoms with Crippen molar-refractivity contribution >= 4 is 17.3 Å². The van der Waals surface area contributed by atoms with Crippen LogP contribution in [0.4, 0.5) is 10.1 Å². The second-order valence-electron chi connectivity index (χ2n) is 6.62. The first-order valence-electron chi connectivity index (χ1n) is 8.96. The zero-order valence-electron chi connectivity index (χ0n) is 15.3. The minimum Gasteiger partial charge on any atom is -0.302 e. The number of pyridine rings is 1. The fourth-order valence-electron chi connectivity index (χ4n) is 3.42. The summed E-state index contributed by atoms with van der Waals surface area (Å²) in [6.45, 7) is 2.17. The van der Waals surface area contributed by atoms with E-state index in [1.807, 2.05) is 43.3 Å². The number of nitrogens with two attached hydrogens (primary N) is 1. The number of halogens is 1. The smallest absolute Gasteiger partial charge is 0.266 e. The predicted molar refractivity (Wildman–Crippen MR) is 107 cm³/mol. The molecule has 140 valence electrons. The first kappa shape index (κ1) is 18.0. The van der Waals surface area contributed by atoms with Crippen LogP contribution in [0.1, 0.15) is 22.4 Å². The van der Waals surface area contributed by atoms with Gasteiger partial charge in [-0.3, -0.25) is 14.8 Å². The largest absolute Gasteiger partial charge is 0.302 e. The van der Waals surface area contributed by atoms with Gasteiger partial charge in [-0.1, -0.05) is 36.4 Å². The number of rotatable bonds is 3. The number of benzodiazepines with no additional fused rings is 1. The summed E-state index contributed by atoms with van der Waals surface area (Å²) >= 11 is 0. The number of amides is 1. The first-order valence-corrected chi connectivity index (χ1v) is 8.96. The molecule has 4 rings (SSSR count). The van der Waals surface area contributed by atoms with Gasteiger partial charge in [-0.2, -0.15) is 0 Å². The summed E-state index contributed by atoms with van der Waals surface area (Å²) in [4.78, 5) is 23.4. The molecular formula is C22H19FN4O. The molecule has 6 heteroatoms. The molecule has 0 spiro atoms. The lowest BCUT2D eigenvalue weighted by Gasteiger charge is -2.25. The minimum absolute atomic E-state index is 0.255. The fourth-order valence-corrected chi connectivity index (χ4v) is 3.42. The molecule has 1 unspecified atom stereocenters. The monoisotopic (exact) mass is 374 g/mol. The predicted octanol–water partition coefficient (Wildman–Crippen LogP) is 3.20.